The zero-order chi connectivity index (χ0) is 14.0. The molecule has 0 aliphatic carbocycles. The number of nitrogens with zero attached hydrogens (tertiary/aromatic N) is 1. The smallest absolute Gasteiger partial charge is 0.184 e. The van der Waals surface area contributed by atoms with Gasteiger partial charge in [-0.2, -0.15) is 11.8 Å². The normalized spacial score (nSPS) is 13.1. The van der Waals surface area contributed by atoms with E-state index in [1.165, 1.54) is 6.07 Å². The van der Waals surface area contributed by atoms with Crippen molar-refractivity contribution in [2.75, 3.05) is 11.5 Å². The number of nitrogens with one attached hydrogen (secondary N) is 1. The van der Waals surface area contributed by atoms with Crippen molar-refractivity contribution in [3.05, 3.63) is 28.5 Å². The maximum Gasteiger partial charge on any atom is 0.184 e. The molecule has 0 saturated heterocycles. The summed E-state index contributed by atoms with van der Waals surface area (Å²) >= 11 is 7.05. The number of imidazole rings is 1. The Morgan fingerprint density at radius 3 is 2.84 bits per heavy atom. The van der Waals surface area contributed by atoms with Gasteiger partial charge >= 0.3 is 0 Å². The first-order valence-corrected chi connectivity index (χ1v) is 7.78. The molecule has 1 aromatic heterocycles. The molecular weight excluding hydrogens is 286 g/mol. The van der Waals surface area contributed by atoms with Crippen molar-refractivity contribution in [1.29, 1.82) is 0 Å². The first-order valence-electron chi connectivity index (χ1n) is 6.22. The molecule has 2 aromatic rings. The number of benzene rings is 1. The van der Waals surface area contributed by atoms with Crippen LogP contribution in [0, 0.1) is 16.4 Å². The Balaban J connectivity index is 2.44. The number of hydrogen-bond acceptors (Lipinski definition) is 2. The van der Waals surface area contributed by atoms with Crippen LogP contribution in [0.4, 0.5) is 8.78 Å². The first-order chi connectivity index (χ1) is 9.06. The van der Waals surface area contributed by atoms with Crippen LogP contribution in [0.5, 0.6) is 0 Å². The van der Waals surface area contributed by atoms with Crippen molar-refractivity contribution in [3.63, 3.8) is 0 Å². The van der Waals surface area contributed by atoms with Crippen LogP contribution in [0.15, 0.2) is 12.1 Å². The standard InChI is InChI=1S/C13H16F2N2S2/c1-3-19-7-6-8(2)17-12-10(16-13(17)18)5-4-9(14)11(12)15/h4-5,8H,3,6-7H2,1-2H3,(H,16,18). The summed E-state index contributed by atoms with van der Waals surface area (Å²) in [6.45, 7) is 4.07. The molecular formula is C13H16F2N2S2. The van der Waals surface area contributed by atoms with E-state index in [9.17, 15) is 8.78 Å². The Labute approximate surface area is 120 Å². The lowest BCUT2D eigenvalue weighted by molar-refractivity contribution is 0.496. The lowest BCUT2D eigenvalue weighted by Gasteiger charge is -2.14. The van der Waals surface area contributed by atoms with Gasteiger partial charge in [-0.25, -0.2) is 8.78 Å². The second-order valence-corrected chi connectivity index (χ2v) is 6.17. The average Bonchev–Trinajstić information content (AvgIpc) is 2.71. The number of thioether (sulfide) groups is 1. The van der Waals surface area contributed by atoms with E-state index < -0.39 is 11.6 Å². The van der Waals surface area contributed by atoms with E-state index in [0.29, 0.717) is 10.3 Å². The number of rotatable bonds is 5. The van der Waals surface area contributed by atoms with Crippen molar-refractivity contribution in [2.45, 2.75) is 26.3 Å². The average molecular weight is 302 g/mol. The summed E-state index contributed by atoms with van der Waals surface area (Å²) in [7, 11) is 0. The quantitative estimate of drug-likeness (QED) is 0.639. The highest BCUT2D eigenvalue weighted by Crippen LogP contribution is 2.26. The van der Waals surface area contributed by atoms with Gasteiger partial charge in [-0.05, 0) is 49.2 Å². The Morgan fingerprint density at radius 1 is 1.42 bits per heavy atom. The maximum absolute atomic E-state index is 14.0. The largest absolute Gasteiger partial charge is 0.330 e. The molecule has 0 fully saturated rings. The Morgan fingerprint density at radius 2 is 2.16 bits per heavy atom. The highest BCUT2D eigenvalue weighted by molar-refractivity contribution is 7.99. The zero-order valence-electron chi connectivity index (χ0n) is 10.9. The molecule has 0 saturated carbocycles. The Kier molecular flexibility index (Phi) is 4.62. The predicted molar refractivity (Wildman–Crippen MR) is 79.4 cm³/mol. The summed E-state index contributed by atoms with van der Waals surface area (Å²) in [4.78, 5) is 2.93. The molecule has 0 amide bonds. The number of halogens is 2. The second-order valence-electron chi connectivity index (χ2n) is 4.39. The van der Waals surface area contributed by atoms with Crippen molar-refractivity contribution in [3.8, 4) is 0 Å². The molecule has 2 nitrogen and oxygen atoms in total. The third kappa shape index (κ3) is 2.84. The third-order valence-electron chi connectivity index (χ3n) is 3.10. The van der Waals surface area contributed by atoms with Crippen molar-refractivity contribution < 1.29 is 8.78 Å². The van der Waals surface area contributed by atoms with Crippen LogP contribution in [0.3, 0.4) is 0 Å². The van der Waals surface area contributed by atoms with E-state index in [1.807, 2.05) is 18.7 Å². The van der Waals surface area contributed by atoms with Crippen molar-refractivity contribution >= 4 is 35.0 Å². The molecule has 1 aromatic carbocycles. The molecule has 0 spiro atoms. The number of aromatic amines is 1. The highest BCUT2D eigenvalue weighted by Gasteiger charge is 2.17. The van der Waals surface area contributed by atoms with Gasteiger partial charge in [0.2, 0.25) is 0 Å². The van der Waals surface area contributed by atoms with Gasteiger partial charge in [0, 0.05) is 6.04 Å². The summed E-state index contributed by atoms with van der Waals surface area (Å²) in [5, 5.41) is 0. The van der Waals surface area contributed by atoms with E-state index in [1.54, 1.807) is 4.57 Å². The molecule has 1 atom stereocenters. The van der Waals surface area contributed by atoms with Crippen LogP contribution >= 0.6 is 24.0 Å². The Hall–Kier alpha value is -0.880. The van der Waals surface area contributed by atoms with E-state index in [0.717, 1.165) is 24.0 Å². The molecule has 1 unspecified atom stereocenters. The fourth-order valence-corrected chi connectivity index (χ4v) is 3.28. The second kappa shape index (κ2) is 6.05. The molecule has 1 heterocycles. The van der Waals surface area contributed by atoms with Crippen LogP contribution in [-0.4, -0.2) is 21.1 Å². The van der Waals surface area contributed by atoms with Gasteiger partial charge in [0.1, 0.15) is 5.52 Å². The monoisotopic (exact) mass is 302 g/mol. The minimum atomic E-state index is -0.842. The lowest BCUT2D eigenvalue weighted by atomic mass is 10.2. The van der Waals surface area contributed by atoms with E-state index in [-0.39, 0.29) is 11.6 Å². The fourth-order valence-electron chi connectivity index (χ4n) is 2.10. The van der Waals surface area contributed by atoms with Gasteiger partial charge in [-0.15, -0.1) is 0 Å². The topological polar surface area (TPSA) is 20.7 Å². The minimum Gasteiger partial charge on any atom is -0.330 e. The molecule has 0 aliphatic rings. The predicted octanol–water partition coefficient (Wildman–Crippen LogP) is 4.68. The molecule has 1 N–H and O–H groups in total. The van der Waals surface area contributed by atoms with E-state index >= 15 is 0 Å². The Bertz CT molecular complexity index is 633. The molecule has 0 radical (unpaired) electrons. The third-order valence-corrected chi connectivity index (χ3v) is 4.33. The summed E-state index contributed by atoms with van der Waals surface area (Å²) in [5.74, 6) is 0.350. The summed E-state index contributed by atoms with van der Waals surface area (Å²) < 4.78 is 29.4. The van der Waals surface area contributed by atoms with Gasteiger partial charge in [0.15, 0.2) is 16.4 Å². The van der Waals surface area contributed by atoms with Crippen molar-refractivity contribution in [1.82, 2.24) is 9.55 Å². The number of hydrogen-bond donors (Lipinski definition) is 1. The highest BCUT2D eigenvalue weighted by atomic mass is 32.2. The fraction of sp³-hybridized carbons (Fsp3) is 0.462. The number of aromatic nitrogens is 2. The van der Waals surface area contributed by atoms with Crippen molar-refractivity contribution in [2.24, 2.45) is 0 Å². The molecule has 0 aliphatic heterocycles. The molecule has 0 bridgehead atoms. The van der Waals surface area contributed by atoms with E-state index in [4.69, 9.17) is 12.2 Å². The van der Waals surface area contributed by atoms with Crippen LogP contribution in [0.25, 0.3) is 11.0 Å². The van der Waals surface area contributed by atoms with Gasteiger partial charge in [-0.1, -0.05) is 6.92 Å². The lowest BCUT2D eigenvalue weighted by Crippen LogP contribution is -2.07. The number of fused-ring (bicyclic) bond motifs is 1. The summed E-state index contributed by atoms with van der Waals surface area (Å²) in [6, 6.07) is 2.68. The zero-order valence-corrected chi connectivity index (χ0v) is 12.5. The van der Waals surface area contributed by atoms with Crippen LogP contribution < -0.4 is 0 Å². The molecule has 104 valence electrons. The number of H-pyrrole nitrogens is 1. The van der Waals surface area contributed by atoms with E-state index in [2.05, 4.69) is 11.9 Å². The van der Waals surface area contributed by atoms with Gasteiger partial charge in [0.05, 0.1) is 5.52 Å². The summed E-state index contributed by atoms with van der Waals surface area (Å²) in [6.07, 6.45) is 0.871. The maximum atomic E-state index is 14.0. The van der Waals surface area contributed by atoms with Gasteiger partial charge < -0.3 is 9.55 Å². The van der Waals surface area contributed by atoms with Gasteiger partial charge in [-0.3, -0.25) is 0 Å². The molecule has 6 heteroatoms. The van der Waals surface area contributed by atoms with Crippen LogP contribution in [0.1, 0.15) is 26.3 Å². The molecule has 2 rings (SSSR count). The molecule has 19 heavy (non-hydrogen) atoms. The van der Waals surface area contributed by atoms with Crippen LogP contribution in [0.2, 0.25) is 0 Å². The van der Waals surface area contributed by atoms with Gasteiger partial charge in [0.25, 0.3) is 0 Å². The van der Waals surface area contributed by atoms with Crippen LogP contribution in [-0.2, 0) is 0 Å². The first kappa shape index (κ1) is 14.5. The minimum absolute atomic E-state index is 0.0385. The SMILES string of the molecule is CCSCCC(C)n1c(=S)[nH]c2ccc(F)c(F)c21. The summed E-state index contributed by atoms with van der Waals surface area (Å²) in [5.41, 5.74) is 0.776.